The first-order valence-corrected chi connectivity index (χ1v) is 8.25. The molecule has 3 aliphatic rings. The molecule has 0 spiro atoms. The molecule has 2 bridgehead atoms. The monoisotopic (exact) mass is 307 g/mol. The van der Waals surface area contributed by atoms with E-state index in [1.54, 1.807) is 0 Å². The van der Waals surface area contributed by atoms with Crippen LogP contribution in [0.25, 0.3) is 0 Å². The predicted octanol–water partition coefficient (Wildman–Crippen LogP) is 3.54. The Balaban J connectivity index is 1.77. The standard InChI is InChI=1S/C20H21NO2/c1-15(22)23-20(13-16-7-3-2-4-8-16)14-21-12-11-18(20)17-9-5-6-10-19(17)21/h2-10,18H,11-14H2,1H3/t18-,20-/m1/s1. The molecule has 3 heterocycles. The fraction of sp³-hybridized carbons (Fsp3) is 0.350. The molecule has 0 unspecified atom stereocenters. The Bertz CT molecular complexity index is 727. The van der Waals surface area contributed by atoms with Gasteiger partial charge in [-0.25, -0.2) is 0 Å². The highest BCUT2D eigenvalue weighted by Gasteiger charge is 2.51. The third kappa shape index (κ3) is 2.40. The molecule has 3 aliphatic heterocycles. The number of carbonyl (C=O) groups excluding carboxylic acids is 1. The normalized spacial score (nSPS) is 25.1. The van der Waals surface area contributed by atoms with Gasteiger partial charge in [-0.15, -0.1) is 0 Å². The topological polar surface area (TPSA) is 29.5 Å². The van der Waals surface area contributed by atoms with Crippen LogP contribution in [0.4, 0.5) is 5.69 Å². The summed E-state index contributed by atoms with van der Waals surface area (Å²) >= 11 is 0. The summed E-state index contributed by atoms with van der Waals surface area (Å²) in [5.41, 5.74) is 3.39. The summed E-state index contributed by atoms with van der Waals surface area (Å²) in [5, 5.41) is 0. The van der Waals surface area contributed by atoms with Crippen LogP contribution in [0, 0.1) is 0 Å². The van der Waals surface area contributed by atoms with Crippen LogP contribution in [0.2, 0.25) is 0 Å². The largest absolute Gasteiger partial charge is 0.456 e. The Labute approximate surface area is 136 Å². The number of carbonyl (C=O) groups is 1. The van der Waals surface area contributed by atoms with Crippen LogP contribution in [0.15, 0.2) is 54.6 Å². The van der Waals surface area contributed by atoms with E-state index in [4.69, 9.17) is 4.74 Å². The molecule has 0 radical (unpaired) electrons. The van der Waals surface area contributed by atoms with Crippen LogP contribution in [0.1, 0.15) is 30.4 Å². The number of esters is 1. The molecular formula is C20H21NO2. The minimum Gasteiger partial charge on any atom is -0.456 e. The van der Waals surface area contributed by atoms with Crippen molar-refractivity contribution in [1.29, 1.82) is 0 Å². The molecule has 3 heteroatoms. The van der Waals surface area contributed by atoms with E-state index in [1.165, 1.54) is 23.7 Å². The third-order valence-corrected chi connectivity index (χ3v) is 5.13. The molecule has 118 valence electrons. The van der Waals surface area contributed by atoms with Crippen molar-refractivity contribution in [2.75, 3.05) is 18.0 Å². The van der Waals surface area contributed by atoms with E-state index in [0.717, 1.165) is 25.9 Å². The van der Waals surface area contributed by atoms with Crippen molar-refractivity contribution in [3.63, 3.8) is 0 Å². The van der Waals surface area contributed by atoms with Gasteiger partial charge in [0.15, 0.2) is 0 Å². The number of para-hydroxylation sites is 1. The zero-order valence-electron chi connectivity index (χ0n) is 13.4. The molecule has 3 nitrogen and oxygen atoms in total. The maximum absolute atomic E-state index is 11.9. The fourth-order valence-corrected chi connectivity index (χ4v) is 4.32. The summed E-state index contributed by atoms with van der Waals surface area (Å²) in [4.78, 5) is 14.2. The third-order valence-electron chi connectivity index (χ3n) is 5.13. The van der Waals surface area contributed by atoms with Crippen LogP contribution < -0.4 is 4.90 Å². The van der Waals surface area contributed by atoms with E-state index in [1.807, 2.05) is 18.2 Å². The van der Waals surface area contributed by atoms with Gasteiger partial charge in [0.1, 0.15) is 5.60 Å². The molecule has 23 heavy (non-hydrogen) atoms. The Kier molecular flexibility index (Phi) is 3.37. The Morgan fingerprint density at radius 1 is 1.17 bits per heavy atom. The highest BCUT2D eigenvalue weighted by Crippen LogP contribution is 2.50. The second-order valence-electron chi connectivity index (χ2n) is 6.64. The van der Waals surface area contributed by atoms with Gasteiger partial charge in [0, 0.05) is 31.5 Å². The van der Waals surface area contributed by atoms with Gasteiger partial charge in [-0.05, 0) is 23.6 Å². The minimum atomic E-state index is -0.459. The summed E-state index contributed by atoms with van der Waals surface area (Å²) in [6, 6.07) is 18.9. The summed E-state index contributed by atoms with van der Waals surface area (Å²) in [7, 11) is 0. The quantitative estimate of drug-likeness (QED) is 0.812. The second kappa shape index (κ2) is 5.41. The van der Waals surface area contributed by atoms with Crippen molar-refractivity contribution in [2.45, 2.75) is 31.3 Å². The lowest BCUT2D eigenvalue weighted by Gasteiger charge is -2.53. The average molecular weight is 307 g/mol. The van der Waals surface area contributed by atoms with Crippen molar-refractivity contribution in [3.8, 4) is 0 Å². The lowest BCUT2D eigenvalue weighted by molar-refractivity contribution is -0.160. The predicted molar refractivity (Wildman–Crippen MR) is 90.7 cm³/mol. The van der Waals surface area contributed by atoms with Crippen LogP contribution in [0.3, 0.4) is 0 Å². The van der Waals surface area contributed by atoms with Gasteiger partial charge in [0.05, 0.1) is 6.54 Å². The second-order valence-corrected chi connectivity index (χ2v) is 6.64. The van der Waals surface area contributed by atoms with Crippen LogP contribution in [-0.2, 0) is 16.0 Å². The van der Waals surface area contributed by atoms with Crippen molar-refractivity contribution in [3.05, 3.63) is 65.7 Å². The summed E-state index contributed by atoms with van der Waals surface area (Å²) < 4.78 is 5.99. The first-order chi connectivity index (χ1) is 11.2. The van der Waals surface area contributed by atoms with E-state index in [-0.39, 0.29) is 11.9 Å². The lowest BCUT2D eigenvalue weighted by atomic mass is 9.69. The number of hydrogen-bond acceptors (Lipinski definition) is 3. The molecule has 1 saturated heterocycles. The highest BCUT2D eigenvalue weighted by atomic mass is 16.6. The maximum Gasteiger partial charge on any atom is 0.303 e. The van der Waals surface area contributed by atoms with Gasteiger partial charge < -0.3 is 9.64 Å². The van der Waals surface area contributed by atoms with E-state index in [9.17, 15) is 4.79 Å². The first kappa shape index (κ1) is 14.3. The fourth-order valence-electron chi connectivity index (χ4n) is 4.32. The SMILES string of the molecule is CC(=O)O[C@]1(Cc2ccccc2)CN2CC[C@@H]1c1ccccc12. The van der Waals surface area contributed by atoms with Crippen molar-refractivity contribution in [2.24, 2.45) is 0 Å². The zero-order chi connectivity index (χ0) is 15.9. The summed E-state index contributed by atoms with van der Waals surface area (Å²) in [5.74, 6) is 0.0833. The number of fused-ring (bicyclic) bond motifs is 2. The Morgan fingerprint density at radius 3 is 2.70 bits per heavy atom. The number of benzene rings is 2. The molecule has 0 aliphatic carbocycles. The summed E-state index contributed by atoms with van der Waals surface area (Å²) in [6.07, 6.45) is 1.81. The molecule has 0 amide bonds. The number of rotatable bonds is 3. The van der Waals surface area contributed by atoms with E-state index in [0.29, 0.717) is 0 Å². The Morgan fingerprint density at radius 2 is 1.91 bits per heavy atom. The molecule has 2 aromatic rings. The van der Waals surface area contributed by atoms with Crippen LogP contribution in [-0.4, -0.2) is 24.7 Å². The number of hydrogen-bond donors (Lipinski definition) is 0. The van der Waals surface area contributed by atoms with Gasteiger partial charge in [-0.3, -0.25) is 4.79 Å². The Hall–Kier alpha value is -2.29. The number of piperidine rings is 1. The van der Waals surface area contributed by atoms with E-state index >= 15 is 0 Å². The van der Waals surface area contributed by atoms with E-state index in [2.05, 4.69) is 41.3 Å². The molecular weight excluding hydrogens is 286 g/mol. The molecule has 5 rings (SSSR count). The van der Waals surface area contributed by atoms with Crippen molar-refractivity contribution in [1.82, 2.24) is 0 Å². The molecule has 0 aromatic heterocycles. The first-order valence-electron chi connectivity index (χ1n) is 8.25. The number of nitrogens with zero attached hydrogens (tertiary/aromatic N) is 1. The lowest BCUT2D eigenvalue weighted by Crippen LogP contribution is -2.60. The molecule has 0 saturated carbocycles. The summed E-state index contributed by atoms with van der Waals surface area (Å²) in [6.45, 7) is 3.35. The molecule has 2 aromatic carbocycles. The minimum absolute atomic E-state index is 0.188. The zero-order valence-corrected chi connectivity index (χ0v) is 13.4. The van der Waals surface area contributed by atoms with Crippen LogP contribution >= 0.6 is 0 Å². The van der Waals surface area contributed by atoms with Gasteiger partial charge in [0.25, 0.3) is 0 Å². The van der Waals surface area contributed by atoms with Crippen LogP contribution in [0.5, 0.6) is 0 Å². The molecule has 1 fully saturated rings. The highest BCUT2D eigenvalue weighted by molar-refractivity contribution is 5.68. The molecule has 2 atom stereocenters. The van der Waals surface area contributed by atoms with Gasteiger partial charge >= 0.3 is 5.97 Å². The number of anilines is 1. The number of ether oxygens (including phenoxy) is 1. The van der Waals surface area contributed by atoms with E-state index < -0.39 is 5.60 Å². The molecule has 0 N–H and O–H groups in total. The van der Waals surface area contributed by atoms with Gasteiger partial charge in [0.2, 0.25) is 0 Å². The maximum atomic E-state index is 11.9. The smallest absolute Gasteiger partial charge is 0.303 e. The average Bonchev–Trinajstić information content (AvgIpc) is 2.55. The van der Waals surface area contributed by atoms with Gasteiger partial charge in [-0.1, -0.05) is 48.5 Å². The van der Waals surface area contributed by atoms with Crippen molar-refractivity contribution < 1.29 is 9.53 Å². The van der Waals surface area contributed by atoms with Gasteiger partial charge in [-0.2, -0.15) is 0 Å². The van der Waals surface area contributed by atoms with Crippen molar-refractivity contribution >= 4 is 11.7 Å².